The van der Waals surface area contributed by atoms with Gasteiger partial charge < -0.3 is 0 Å². The number of aryl methyl sites for hydroxylation is 1. The lowest BCUT2D eigenvalue weighted by Crippen LogP contribution is -2.29. The van der Waals surface area contributed by atoms with Crippen LogP contribution in [0.1, 0.15) is 32.1 Å². The molecule has 0 saturated carbocycles. The molecule has 5 nitrogen and oxygen atoms in total. The van der Waals surface area contributed by atoms with E-state index in [0.717, 1.165) is 0 Å². The molecule has 2 aromatic rings. The average Bonchev–Trinajstić information content (AvgIpc) is 2.64. The van der Waals surface area contributed by atoms with Gasteiger partial charge in [0.1, 0.15) is 0 Å². The third kappa shape index (κ3) is 2.06. The Kier molecular flexibility index (Phi) is 2.99. The van der Waals surface area contributed by atoms with Crippen LogP contribution in [0.4, 0.5) is 0 Å². The van der Waals surface area contributed by atoms with Crippen molar-refractivity contribution in [2.75, 3.05) is 0 Å². The lowest BCUT2D eigenvalue weighted by Gasteiger charge is -2.13. The molecule has 0 bridgehead atoms. The largest absolute Gasteiger partial charge is 0.269 e. The van der Waals surface area contributed by atoms with Gasteiger partial charge in [0, 0.05) is 5.69 Å². The number of benzene rings is 1. The Labute approximate surface area is 120 Å². The van der Waals surface area contributed by atoms with Crippen LogP contribution in [0.2, 0.25) is 5.28 Å². The van der Waals surface area contributed by atoms with Gasteiger partial charge in [0.15, 0.2) is 0 Å². The van der Waals surface area contributed by atoms with E-state index in [9.17, 15) is 9.59 Å². The highest BCUT2D eigenvalue weighted by atomic mass is 35.5. The number of carbonyl (C=O) groups excluding carboxylic acids is 2. The van der Waals surface area contributed by atoms with E-state index in [0.29, 0.717) is 22.5 Å². The van der Waals surface area contributed by atoms with Gasteiger partial charge in [-0.2, -0.15) is 0 Å². The molecule has 1 aromatic carbocycles. The lowest BCUT2D eigenvalue weighted by molar-refractivity contribution is 0.0640. The molecule has 3 rings (SSSR count). The van der Waals surface area contributed by atoms with Gasteiger partial charge in [-0.1, -0.05) is 12.1 Å². The highest BCUT2D eigenvalue weighted by Gasteiger charge is 2.35. The quantitative estimate of drug-likeness (QED) is 0.628. The van der Waals surface area contributed by atoms with E-state index in [1.54, 1.807) is 37.3 Å². The van der Waals surface area contributed by atoms with Gasteiger partial charge in [0.25, 0.3) is 11.8 Å². The fraction of sp³-hybridized carbons (Fsp3) is 0.143. The number of amides is 2. The van der Waals surface area contributed by atoms with Crippen LogP contribution >= 0.6 is 11.6 Å². The minimum atomic E-state index is -0.307. The standard InChI is InChI=1S/C14H10ClN3O2/c1-8-6-9(17-14(15)16-8)7-18-12(19)10-4-2-3-5-11(10)13(18)20/h2-6H,7H2,1H3. The monoisotopic (exact) mass is 287 g/mol. The molecule has 20 heavy (non-hydrogen) atoms. The van der Waals surface area contributed by atoms with Crippen molar-refractivity contribution in [3.63, 3.8) is 0 Å². The first-order chi connectivity index (χ1) is 9.56. The summed E-state index contributed by atoms with van der Waals surface area (Å²) in [6.45, 7) is 1.87. The Morgan fingerprint density at radius 3 is 2.25 bits per heavy atom. The first kappa shape index (κ1) is 12.7. The summed E-state index contributed by atoms with van der Waals surface area (Å²) < 4.78 is 0. The van der Waals surface area contributed by atoms with Gasteiger partial charge in [-0.3, -0.25) is 14.5 Å². The topological polar surface area (TPSA) is 63.2 Å². The summed E-state index contributed by atoms with van der Waals surface area (Å²) in [6.07, 6.45) is 0. The molecule has 6 heteroatoms. The molecular weight excluding hydrogens is 278 g/mol. The van der Waals surface area contributed by atoms with Gasteiger partial charge >= 0.3 is 0 Å². The number of imide groups is 1. The zero-order valence-electron chi connectivity index (χ0n) is 10.6. The Morgan fingerprint density at radius 2 is 1.70 bits per heavy atom. The second-order valence-electron chi connectivity index (χ2n) is 4.51. The fourth-order valence-electron chi connectivity index (χ4n) is 2.22. The molecule has 100 valence electrons. The summed E-state index contributed by atoms with van der Waals surface area (Å²) in [6, 6.07) is 8.47. The summed E-state index contributed by atoms with van der Waals surface area (Å²) in [5.41, 5.74) is 2.08. The number of hydrogen-bond acceptors (Lipinski definition) is 4. The van der Waals surface area contributed by atoms with Crippen molar-refractivity contribution < 1.29 is 9.59 Å². The molecule has 0 atom stereocenters. The predicted molar refractivity (Wildman–Crippen MR) is 72.4 cm³/mol. The zero-order chi connectivity index (χ0) is 14.3. The third-order valence-electron chi connectivity index (χ3n) is 3.08. The molecule has 0 saturated heterocycles. The molecule has 0 fully saturated rings. The van der Waals surface area contributed by atoms with Crippen LogP contribution in [0.25, 0.3) is 0 Å². The zero-order valence-corrected chi connectivity index (χ0v) is 11.4. The molecule has 1 aliphatic rings. The molecule has 0 spiro atoms. The van der Waals surface area contributed by atoms with Gasteiger partial charge in [-0.05, 0) is 36.7 Å². The van der Waals surface area contributed by atoms with E-state index in [4.69, 9.17) is 11.6 Å². The number of carbonyl (C=O) groups is 2. The number of halogens is 1. The smallest absolute Gasteiger partial charge is 0.261 e. The second kappa shape index (κ2) is 4.68. The molecule has 0 aliphatic carbocycles. The fourth-order valence-corrected chi connectivity index (χ4v) is 2.46. The van der Waals surface area contributed by atoms with Gasteiger partial charge in [0.2, 0.25) is 5.28 Å². The Morgan fingerprint density at radius 1 is 1.10 bits per heavy atom. The molecule has 2 amide bonds. The highest BCUT2D eigenvalue weighted by molar-refractivity contribution is 6.28. The van der Waals surface area contributed by atoms with Crippen molar-refractivity contribution in [2.45, 2.75) is 13.5 Å². The summed E-state index contributed by atoms with van der Waals surface area (Å²) in [5.74, 6) is -0.615. The lowest BCUT2D eigenvalue weighted by atomic mass is 10.1. The van der Waals surface area contributed by atoms with E-state index < -0.39 is 0 Å². The SMILES string of the molecule is Cc1cc(CN2C(=O)c3ccccc3C2=O)nc(Cl)n1. The number of fused-ring (bicyclic) bond motifs is 1. The van der Waals surface area contributed by atoms with Crippen LogP contribution < -0.4 is 0 Å². The Hall–Kier alpha value is -2.27. The van der Waals surface area contributed by atoms with Crippen LogP contribution in [0.5, 0.6) is 0 Å². The van der Waals surface area contributed by atoms with E-state index >= 15 is 0 Å². The molecule has 0 N–H and O–H groups in total. The third-order valence-corrected chi connectivity index (χ3v) is 3.25. The first-order valence-corrected chi connectivity index (χ1v) is 6.39. The summed E-state index contributed by atoms with van der Waals surface area (Å²) in [4.78, 5) is 33.6. The summed E-state index contributed by atoms with van der Waals surface area (Å²) in [7, 11) is 0. The van der Waals surface area contributed by atoms with Crippen molar-refractivity contribution >= 4 is 23.4 Å². The van der Waals surface area contributed by atoms with Gasteiger partial charge in [0.05, 0.1) is 23.4 Å². The molecule has 1 aliphatic heterocycles. The summed E-state index contributed by atoms with van der Waals surface area (Å²) >= 11 is 5.79. The van der Waals surface area contributed by atoms with Crippen molar-refractivity contribution in [1.29, 1.82) is 0 Å². The Balaban J connectivity index is 1.93. The van der Waals surface area contributed by atoms with Crippen LogP contribution in [-0.4, -0.2) is 26.7 Å². The maximum atomic E-state index is 12.2. The molecule has 0 unspecified atom stereocenters. The minimum Gasteiger partial charge on any atom is -0.269 e. The molecule has 2 heterocycles. The van der Waals surface area contributed by atoms with Crippen molar-refractivity contribution in [2.24, 2.45) is 0 Å². The maximum absolute atomic E-state index is 12.2. The maximum Gasteiger partial charge on any atom is 0.261 e. The van der Waals surface area contributed by atoms with E-state index in [1.807, 2.05) is 0 Å². The number of nitrogens with zero attached hydrogens (tertiary/aromatic N) is 3. The van der Waals surface area contributed by atoms with Gasteiger partial charge in [-0.15, -0.1) is 0 Å². The van der Waals surface area contributed by atoms with Crippen LogP contribution in [-0.2, 0) is 6.54 Å². The molecule has 0 radical (unpaired) electrons. The van der Waals surface area contributed by atoms with Crippen molar-refractivity contribution in [3.8, 4) is 0 Å². The highest BCUT2D eigenvalue weighted by Crippen LogP contribution is 2.24. The second-order valence-corrected chi connectivity index (χ2v) is 4.85. The van der Waals surface area contributed by atoms with E-state index in [1.165, 1.54) is 4.90 Å². The van der Waals surface area contributed by atoms with Crippen LogP contribution in [0.15, 0.2) is 30.3 Å². The first-order valence-electron chi connectivity index (χ1n) is 6.01. The van der Waals surface area contributed by atoms with Crippen LogP contribution in [0.3, 0.4) is 0 Å². The Bertz CT molecular complexity index is 675. The summed E-state index contributed by atoms with van der Waals surface area (Å²) in [5, 5.41) is 0.108. The van der Waals surface area contributed by atoms with E-state index in [2.05, 4.69) is 9.97 Å². The minimum absolute atomic E-state index is 0.0927. The predicted octanol–water partition coefficient (Wildman–Crippen LogP) is 2.23. The van der Waals surface area contributed by atoms with E-state index in [-0.39, 0.29) is 23.6 Å². The number of rotatable bonds is 2. The van der Waals surface area contributed by atoms with Gasteiger partial charge in [-0.25, -0.2) is 9.97 Å². The molecule has 1 aromatic heterocycles. The normalized spacial score (nSPS) is 13.8. The average molecular weight is 288 g/mol. The van der Waals surface area contributed by atoms with Crippen molar-refractivity contribution in [3.05, 3.63) is 58.1 Å². The van der Waals surface area contributed by atoms with Crippen LogP contribution in [0, 0.1) is 6.92 Å². The number of hydrogen-bond donors (Lipinski definition) is 0. The van der Waals surface area contributed by atoms with Crippen molar-refractivity contribution in [1.82, 2.24) is 14.9 Å². The molecular formula is C14H10ClN3O2. The number of aromatic nitrogens is 2.